The minimum Gasteiger partial charge on any atom is -0.341 e. The Bertz CT molecular complexity index is 716. The number of hydrogen-bond acceptors (Lipinski definition) is 5. The first-order valence-corrected chi connectivity index (χ1v) is 8.02. The Kier molecular flexibility index (Phi) is 5.62. The summed E-state index contributed by atoms with van der Waals surface area (Å²) in [6.07, 6.45) is 0. The van der Waals surface area contributed by atoms with Gasteiger partial charge in [-0.2, -0.15) is 0 Å². The molecular weight excluding hydrogens is 338 g/mol. The van der Waals surface area contributed by atoms with E-state index in [1.165, 1.54) is 18.8 Å². The summed E-state index contributed by atoms with van der Waals surface area (Å²) < 4.78 is 1.79. The first-order chi connectivity index (χ1) is 10.9. The van der Waals surface area contributed by atoms with Crippen molar-refractivity contribution in [2.24, 2.45) is 7.05 Å². The number of thioether (sulfide) groups is 1. The van der Waals surface area contributed by atoms with Gasteiger partial charge in [0.25, 0.3) is 0 Å². The van der Waals surface area contributed by atoms with Crippen LogP contribution in [0.4, 0.5) is 4.79 Å². The molecule has 2 aromatic rings. The summed E-state index contributed by atoms with van der Waals surface area (Å²) in [7, 11) is 3.26. The normalized spacial score (nSPS) is 11.8. The second kappa shape index (κ2) is 7.47. The number of imide groups is 1. The predicted molar refractivity (Wildman–Crippen MR) is 89.4 cm³/mol. The molecule has 122 valence electrons. The van der Waals surface area contributed by atoms with Crippen LogP contribution in [0.25, 0.3) is 11.4 Å². The lowest BCUT2D eigenvalue weighted by Gasteiger charge is -2.10. The van der Waals surface area contributed by atoms with E-state index in [4.69, 9.17) is 11.6 Å². The summed E-state index contributed by atoms with van der Waals surface area (Å²) in [4.78, 5) is 23.0. The number of rotatable bonds is 4. The molecule has 0 radical (unpaired) electrons. The van der Waals surface area contributed by atoms with Gasteiger partial charge in [-0.3, -0.25) is 10.1 Å². The van der Waals surface area contributed by atoms with Crippen LogP contribution in [0.15, 0.2) is 29.4 Å². The zero-order valence-electron chi connectivity index (χ0n) is 12.8. The van der Waals surface area contributed by atoms with Crippen molar-refractivity contribution in [1.29, 1.82) is 0 Å². The number of nitrogens with one attached hydrogen (secondary N) is 2. The van der Waals surface area contributed by atoms with Crippen LogP contribution in [-0.2, 0) is 11.8 Å². The third-order valence-electron chi connectivity index (χ3n) is 3.05. The third-order valence-corrected chi connectivity index (χ3v) is 4.44. The average Bonchev–Trinajstić information content (AvgIpc) is 2.89. The van der Waals surface area contributed by atoms with Gasteiger partial charge >= 0.3 is 6.03 Å². The van der Waals surface area contributed by atoms with Gasteiger partial charge in [0.1, 0.15) is 0 Å². The summed E-state index contributed by atoms with van der Waals surface area (Å²) in [5.41, 5.74) is 0.874. The molecule has 0 unspecified atom stereocenters. The van der Waals surface area contributed by atoms with Crippen LogP contribution in [0.2, 0.25) is 5.02 Å². The molecule has 23 heavy (non-hydrogen) atoms. The van der Waals surface area contributed by atoms with Crippen molar-refractivity contribution in [3.05, 3.63) is 29.3 Å². The number of halogens is 1. The number of hydrogen-bond donors (Lipinski definition) is 2. The van der Waals surface area contributed by atoms with Gasteiger partial charge in [-0.15, -0.1) is 10.2 Å². The number of benzene rings is 1. The molecule has 0 aliphatic rings. The van der Waals surface area contributed by atoms with Crippen molar-refractivity contribution in [2.75, 3.05) is 7.05 Å². The third kappa shape index (κ3) is 4.23. The van der Waals surface area contributed by atoms with Crippen LogP contribution in [0.5, 0.6) is 0 Å². The fourth-order valence-electron chi connectivity index (χ4n) is 1.76. The molecule has 1 aromatic heterocycles. The maximum atomic E-state index is 11.9. The van der Waals surface area contributed by atoms with Crippen LogP contribution in [0, 0.1) is 0 Å². The van der Waals surface area contributed by atoms with Crippen molar-refractivity contribution in [1.82, 2.24) is 25.4 Å². The van der Waals surface area contributed by atoms with Gasteiger partial charge in [0.2, 0.25) is 5.91 Å². The molecule has 0 aliphatic carbocycles. The summed E-state index contributed by atoms with van der Waals surface area (Å²) in [5.74, 6) is 0.272. The van der Waals surface area contributed by atoms with Crippen LogP contribution >= 0.6 is 23.4 Å². The van der Waals surface area contributed by atoms with Crippen molar-refractivity contribution < 1.29 is 9.59 Å². The maximum Gasteiger partial charge on any atom is 0.321 e. The van der Waals surface area contributed by atoms with Gasteiger partial charge in [0, 0.05) is 24.7 Å². The van der Waals surface area contributed by atoms with Crippen LogP contribution in [0.1, 0.15) is 6.92 Å². The summed E-state index contributed by atoms with van der Waals surface area (Å²) in [6, 6.07) is 6.71. The molecule has 9 heteroatoms. The Morgan fingerprint density at radius 1 is 1.26 bits per heavy atom. The molecule has 2 rings (SSSR count). The molecule has 2 N–H and O–H groups in total. The lowest BCUT2D eigenvalue weighted by Crippen LogP contribution is -2.41. The molecule has 0 saturated carbocycles. The Labute approximate surface area is 142 Å². The van der Waals surface area contributed by atoms with Gasteiger partial charge in [0.05, 0.1) is 5.25 Å². The number of amides is 3. The van der Waals surface area contributed by atoms with E-state index in [1.54, 1.807) is 23.6 Å². The van der Waals surface area contributed by atoms with E-state index < -0.39 is 17.2 Å². The molecule has 3 amide bonds. The lowest BCUT2D eigenvalue weighted by molar-refractivity contribution is -0.119. The van der Waals surface area contributed by atoms with Gasteiger partial charge in [-0.05, 0) is 31.2 Å². The van der Waals surface area contributed by atoms with Gasteiger partial charge in [-0.25, -0.2) is 4.79 Å². The van der Waals surface area contributed by atoms with E-state index >= 15 is 0 Å². The molecular formula is C14H16ClN5O2S. The zero-order chi connectivity index (χ0) is 17.0. The van der Waals surface area contributed by atoms with Gasteiger partial charge < -0.3 is 9.88 Å². The smallest absolute Gasteiger partial charge is 0.321 e. The Hall–Kier alpha value is -2.06. The maximum absolute atomic E-state index is 11.9. The highest BCUT2D eigenvalue weighted by molar-refractivity contribution is 8.00. The quantitative estimate of drug-likeness (QED) is 0.821. The standard InChI is InChI=1S/C14H16ClN5O2S/c1-8(12(21)17-13(22)16-2)23-14-19-18-11(20(14)3)9-4-6-10(15)7-5-9/h4-8H,1-3H3,(H2,16,17,21,22)/t8-/m1/s1. The Morgan fingerprint density at radius 2 is 1.91 bits per heavy atom. The molecule has 1 atom stereocenters. The van der Waals surface area contributed by atoms with E-state index in [-0.39, 0.29) is 0 Å². The van der Waals surface area contributed by atoms with E-state index in [0.717, 1.165) is 5.56 Å². The second-order valence-electron chi connectivity index (χ2n) is 4.70. The fourth-order valence-corrected chi connectivity index (χ4v) is 2.70. The molecule has 0 fully saturated rings. The predicted octanol–water partition coefficient (Wildman–Crippen LogP) is 2.07. The molecule has 0 saturated heterocycles. The topological polar surface area (TPSA) is 88.9 Å². The van der Waals surface area contributed by atoms with Gasteiger partial charge in [0.15, 0.2) is 11.0 Å². The summed E-state index contributed by atoms with van der Waals surface area (Å²) in [5, 5.41) is 13.5. The Morgan fingerprint density at radius 3 is 2.52 bits per heavy atom. The minimum atomic E-state index is -0.540. The largest absolute Gasteiger partial charge is 0.341 e. The first-order valence-electron chi connectivity index (χ1n) is 6.77. The Balaban J connectivity index is 2.11. The highest BCUT2D eigenvalue weighted by Gasteiger charge is 2.20. The van der Waals surface area contributed by atoms with E-state index in [1.807, 2.05) is 19.2 Å². The van der Waals surface area contributed by atoms with Crippen LogP contribution < -0.4 is 10.6 Å². The van der Waals surface area contributed by atoms with Crippen molar-refractivity contribution >= 4 is 35.3 Å². The number of carbonyl (C=O) groups excluding carboxylic acids is 2. The molecule has 1 heterocycles. The fraction of sp³-hybridized carbons (Fsp3) is 0.286. The number of nitrogens with zero attached hydrogens (tertiary/aromatic N) is 3. The SMILES string of the molecule is CNC(=O)NC(=O)[C@@H](C)Sc1nnc(-c2ccc(Cl)cc2)n1C. The minimum absolute atomic E-state index is 0.398. The number of urea groups is 1. The van der Waals surface area contributed by atoms with E-state index in [9.17, 15) is 9.59 Å². The summed E-state index contributed by atoms with van der Waals surface area (Å²) >= 11 is 7.10. The highest BCUT2D eigenvalue weighted by Crippen LogP contribution is 2.26. The average molecular weight is 354 g/mol. The van der Waals surface area contributed by atoms with Crippen molar-refractivity contribution in [3.63, 3.8) is 0 Å². The zero-order valence-corrected chi connectivity index (χ0v) is 14.4. The highest BCUT2D eigenvalue weighted by atomic mass is 35.5. The van der Waals surface area contributed by atoms with E-state index in [2.05, 4.69) is 20.8 Å². The van der Waals surface area contributed by atoms with Crippen LogP contribution in [0.3, 0.4) is 0 Å². The second-order valence-corrected chi connectivity index (χ2v) is 6.44. The first kappa shape index (κ1) is 17.3. The monoisotopic (exact) mass is 353 g/mol. The molecule has 0 bridgehead atoms. The summed E-state index contributed by atoms with van der Waals surface area (Å²) in [6.45, 7) is 1.69. The molecule has 0 spiro atoms. The molecule has 1 aromatic carbocycles. The molecule has 7 nitrogen and oxygen atoms in total. The van der Waals surface area contributed by atoms with Gasteiger partial charge in [-0.1, -0.05) is 23.4 Å². The van der Waals surface area contributed by atoms with Crippen molar-refractivity contribution in [3.8, 4) is 11.4 Å². The number of aromatic nitrogens is 3. The molecule has 0 aliphatic heterocycles. The number of carbonyl (C=O) groups is 2. The van der Waals surface area contributed by atoms with E-state index in [0.29, 0.717) is 16.0 Å². The van der Waals surface area contributed by atoms with Crippen LogP contribution in [-0.4, -0.2) is 39.0 Å². The lowest BCUT2D eigenvalue weighted by atomic mass is 10.2. The van der Waals surface area contributed by atoms with Crippen molar-refractivity contribution in [2.45, 2.75) is 17.3 Å².